The minimum absolute atomic E-state index is 0.0144. The number of benzene rings is 1. The molecule has 17 heavy (non-hydrogen) atoms. The maximum absolute atomic E-state index is 12.5. The summed E-state index contributed by atoms with van der Waals surface area (Å²) in [6, 6.07) is 5.64. The fourth-order valence-electron chi connectivity index (χ4n) is 1.06. The summed E-state index contributed by atoms with van der Waals surface area (Å²) < 4.78 is 12.5. The maximum Gasteiger partial charge on any atom is 0.411 e. The van der Waals surface area contributed by atoms with Crippen molar-refractivity contribution in [1.29, 1.82) is 0 Å². The van der Waals surface area contributed by atoms with Gasteiger partial charge in [-0.25, -0.2) is 9.18 Å². The van der Waals surface area contributed by atoms with E-state index in [1.807, 2.05) is 0 Å². The standard InChI is InChI=1S/C12H10FNO3/c13-10-7-5-9(6-8-10)3-1-2-4-11(15)14-12(16)17/h5-8H,2,4H2,(H,14,15)(H,16,17). The first-order chi connectivity index (χ1) is 8.08. The quantitative estimate of drug-likeness (QED) is 0.767. The number of rotatable bonds is 2. The van der Waals surface area contributed by atoms with Gasteiger partial charge in [-0.1, -0.05) is 11.8 Å². The van der Waals surface area contributed by atoms with E-state index in [0.29, 0.717) is 5.56 Å². The van der Waals surface area contributed by atoms with Crippen molar-refractivity contribution in [2.24, 2.45) is 0 Å². The molecule has 0 radical (unpaired) electrons. The number of carboxylic acid groups (broad SMARTS) is 1. The largest absolute Gasteiger partial charge is 0.465 e. The molecule has 0 fully saturated rings. The molecule has 2 N–H and O–H groups in total. The monoisotopic (exact) mass is 235 g/mol. The van der Waals surface area contributed by atoms with E-state index in [-0.39, 0.29) is 18.7 Å². The van der Waals surface area contributed by atoms with Crippen LogP contribution >= 0.6 is 0 Å². The minimum atomic E-state index is -1.37. The van der Waals surface area contributed by atoms with Gasteiger partial charge >= 0.3 is 6.09 Å². The van der Waals surface area contributed by atoms with E-state index < -0.39 is 12.0 Å². The van der Waals surface area contributed by atoms with E-state index in [1.54, 1.807) is 5.32 Å². The Labute approximate surface area is 97.5 Å². The van der Waals surface area contributed by atoms with Crippen LogP contribution in [0.25, 0.3) is 0 Å². The third-order valence-electron chi connectivity index (χ3n) is 1.80. The lowest BCUT2D eigenvalue weighted by Crippen LogP contribution is -2.28. The molecule has 0 bridgehead atoms. The number of halogens is 1. The number of hydrogen-bond donors (Lipinski definition) is 2. The van der Waals surface area contributed by atoms with Crippen molar-refractivity contribution >= 4 is 12.0 Å². The maximum atomic E-state index is 12.5. The SMILES string of the molecule is O=C(O)NC(=O)CCC#Cc1ccc(F)cc1. The lowest BCUT2D eigenvalue weighted by molar-refractivity contribution is -0.120. The summed E-state index contributed by atoms with van der Waals surface area (Å²) in [6.07, 6.45) is -1.11. The van der Waals surface area contributed by atoms with Crippen LogP contribution in [0.3, 0.4) is 0 Å². The van der Waals surface area contributed by atoms with Crippen molar-refractivity contribution in [3.05, 3.63) is 35.6 Å². The molecule has 1 aromatic rings. The predicted octanol–water partition coefficient (Wildman–Crippen LogP) is 1.75. The van der Waals surface area contributed by atoms with E-state index in [2.05, 4.69) is 11.8 Å². The van der Waals surface area contributed by atoms with Crippen LogP contribution in [0.4, 0.5) is 9.18 Å². The molecule has 0 aliphatic heterocycles. The Hall–Kier alpha value is -2.35. The zero-order valence-electron chi connectivity index (χ0n) is 8.87. The summed E-state index contributed by atoms with van der Waals surface area (Å²) >= 11 is 0. The van der Waals surface area contributed by atoms with Crippen LogP contribution in [0.5, 0.6) is 0 Å². The number of carbonyl (C=O) groups is 2. The van der Waals surface area contributed by atoms with Crippen molar-refractivity contribution in [2.75, 3.05) is 0 Å². The molecule has 88 valence electrons. The highest BCUT2D eigenvalue weighted by atomic mass is 19.1. The number of amides is 2. The Morgan fingerprint density at radius 2 is 1.94 bits per heavy atom. The highest BCUT2D eigenvalue weighted by Gasteiger charge is 2.02. The summed E-state index contributed by atoms with van der Waals surface area (Å²) in [4.78, 5) is 21.0. The van der Waals surface area contributed by atoms with Gasteiger partial charge in [-0.15, -0.1) is 0 Å². The van der Waals surface area contributed by atoms with Gasteiger partial charge in [-0.05, 0) is 24.3 Å². The second-order valence-electron chi connectivity index (χ2n) is 3.16. The van der Waals surface area contributed by atoms with E-state index >= 15 is 0 Å². The average Bonchev–Trinajstić information content (AvgIpc) is 2.26. The van der Waals surface area contributed by atoms with Crippen LogP contribution in [0.2, 0.25) is 0 Å². The molecule has 1 aromatic carbocycles. The Balaban J connectivity index is 2.39. The first kappa shape index (κ1) is 12.7. The Morgan fingerprint density at radius 3 is 2.53 bits per heavy atom. The van der Waals surface area contributed by atoms with Crippen LogP contribution in [-0.4, -0.2) is 17.1 Å². The molecule has 0 aliphatic rings. The van der Waals surface area contributed by atoms with Gasteiger partial charge in [0.15, 0.2) is 0 Å². The normalized spacial score (nSPS) is 9.00. The van der Waals surface area contributed by atoms with Crippen molar-refractivity contribution in [1.82, 2.24) is 5.32 Å². The first-order valence-electron chi connectivity index (χ1n) is 4.85. The molecule has 0 saturated heterocycles. The molecule has 0 atom stereocenters. The fourth-order valence-corrected chi connectivity index (χ4v) is 1.06. The lowest BCUT2D eigenvalue weighted by atomic mass is 10.2. The number of nitrogens with one attached hydrogen (secondary N) is 1. The topological polar surface area (TPSA) is 66.4 Å². The third kappa shape index (κ3) is 5.33. The van der Waals surface area contributed by atoms with Crippen molar-refractivity contribution in [2.45, 2.75) is 12.8 Å². The number of hydrogen-bond acceptors (Lipinski definition) is 2. The zero-order valence-corrected chi connectivity index (χ0v) is 8.87. The fraction of sp³-hybridized carbons (Fsp3) is 0.167. The van der Waals surface area contributed by atoms with Gasteiger partial charge < -0.3 is 5.11 Å². The second-order valence-corrected chi connectivity index (χ2v) is 3.16. The van der Waals surface area contributed by atoms with Gasteiger partial charge in [0.05, 0.1) is 0 Å². The van der Waals surface area contributed by atoms with Crippen molar-refractivity contribution < 1.29 is 19.1 Å². The van der Waals surface area contributed by atoms with Gasteiger partial charge in [-0.2, -0.15) is 0 Å². The lowest BCUT2D eigenvalue weighted by Gasteiger charge is -1.94. The van der Waals surface area contributed by atoms with Gasteiger partial charge in [0.1, 0.15) is 5.82 Å². The van der Waals surface area contributed by atoms with Crippen LogP contribution in [-0.2, 0) is 4.79 Å². The molecule has 0 aromatic heterocycles. The molecular weight excluding hydrogens is 225 g/mol. The average molecular weight is 235 g/mol. The Morgan fingerprint density at radius 1 is 1.29 bits per heavy atom. The van der Waals surface area contributed by atoms with Crippen molar-refractivity contribution in [3.63, 3.8) is 0 Å². The van der Waals surface area contributed by atoms with Crippen LogP contribution in [0.1, 0.15) is 18.4 Å². The summed E-state index contributed by atoms with van der Waals surface area (Å²) in [5.41, 5.74) is 0.644. The summed E-state index contributed by atoms with van der Waals surface area (Å²) in [6.45, 7) is 0. The minimum Gasteiger partial charge on any atom is -0.465 e. The molecule has 0 heterocycles. The third-order valence-corrected chi connectivity index (χ3v) is 1.80. The predicted molar refractivity (Wildman–Crippen MR) is 58.7 cm³/mol. The molecule has 2 amide bonds. The molecule has 1 rings (SSSR count). The molecule has 0 saturated carbocycles. The molecule has 4 nitrogen and oxygen atoms in total. The summed E-state index contributed by atoms with van der Waals surface area (Å²) in [5, 5.41) is 9.95. The van der Waals surface area contributed by atoms with E-state index in [0.717, 1.165) is 0 Å². The van der Waals surface area contributed by atoms with Gasteiger partial charge in [0.25, 0.3) is 0 Å². The van der Waals surface area contributed by atoms with Crippen LogP contribution in [0.15, 0.2) is 24.3 Å². The Bertz CT molecular complexity index is 471. The van der Waals surface area contributed by atoms with E-state index in [9.17, 15) is 14.0 Å². The van der Waals surface area contributed by atoms with Gasteiger partial charge in [0.2, 0.25) is 5.91 Å². The molecule has 0 spiro atoms. The van der Waals surface area contributed by atoms with Crippen molar-refractivity contribution in [3.8, 4) is 11.8 Å². The summed E-state index contributed by atoms with van der Waals surface area (Å²) in [7, 11) is 0. The second kappa shape index (κ2) is 6.28. The summed E-state index contributed by atoms with van der Waals surface area (Å²) in [5.74, 6) is 4.51. The number of imide groups is 1. The van der Waals surface area contributed by atoms with Gasteiger partial charge in [-0.3, -0.25) is 10.1 Å². The first-order valence-corrected chi connectivity index (χ1v) is 4.85. The molecule has 0 unspecified atom stereocenters. The zero-order chi connectivity index (χ0) is 12.7. The highest BCUT2D eigenvalue weighted by molar-refractivity contribution is 5.90. The van der Waals surface area contributed by atoms with E-state index in [4.69, 9.17) is 5.11 Å². The van der Waals surface area contributed by atoms with Crippen LogP contribution in [0, 0.1) is 17.7 Å². The Kier molecular flexibility index (Phi) is 4.70. The highest BCUT2D eigenvalue weighted by Crippen LogP contribution is 2.00. The molecule has 0 aliphatic carbocycles. The molecule has 5 heteroatoms. The smallest absolute Gasteiger partial charge is 0.411 e. The van der Waals surface area contributed by atoms with Crippen LogP contribution < -0.4 is 5.32 Å². The molecular formula is C12H10FNO3. The van der Waals surface area contributed by atoms with Gasteiger partial charge in [0, 0.05) is 18.4 Å². The van der Waals surface area contributed by atoms with E-state index in [1.165, 1.54) is 24.3 Å². The number of carbonyl (C=O) groups excluding carboxylic acids is 1.